The highest BCUT2D eigenvalue weighted by molar-refractivity contribution is 5.96. The van der Waals surface area contributed by atoms with Crippen molar-refractivity contribution in [3.05, 3.63) is 95.6 Å². The van der Waals surface area contributed by atoms with Gasteiger partial charge in [0, 0.05) is 11.3 Å². The molecule has 0 saturated heterocycles. The molecule has 0 aromatic heterocycles. The van der Waals surface area contributed by atoms with Gasteiger partial charge in [-0.05, 0) is 35.9 Å². The summed E-state index contributed by atoms with van der Waals surface area (Å²) < 4.78 is 11.1. The van der Waals surface area contributed by atoms with Crippen LogP contribution >= 0.6 is 0 Å². The summed E-state index contributed by atoms with van der Waals surface area (Å²) >= 11 is 0. The molecular weight excluding hydrogens is 354 g/mol. The molecule has 1 amide bonds. The van der Waals surface area contributed by atoms with Crippen molar-refractivity contribution in [1.29, 1.82) is 0 Å². The lowest BCUT2D eigenvalue weighted by molar-refractivity contribution is -0.118. The van der Waals surface area contributed by atoms with Crippen molar-refractivity contribution in [2.24, 2.45) is 0 Å². The zero-order valence-corrected chi connectivity index (χ0v) is 15.1. The van der Waals surface area contributed by atoms with Gasteiger partial charge in [-0.2, -0.15) is 0 Å². The Bertz CT molecular complexity index is 983. The Hall–Kier alpha value is -3.60. The van der Waals surface area contributed by atoms with Crippen LogP contribution in [0.2, 0.25) is 0 Å². The maximum atomic E-state index is 12.3. The van der Waals surface area contributed by atoms with E-state index in [9.17, 15) is 9.59 Å². The average Bonchev–Trinajstić information content (AvgIpc) is 3.04. The largest absolute Gasteiger partial charge is 0.489 e. The number of hydrogen-bond acceptors (Lipinski definition) is 4. The molecule has 28 heavy (non-hydrogen) atoms. The summed E-state index contributed by atoms with van der Waals surface area (Å²) in [5.41, 5.74) is 3.04. The monoisotopic (exact) mass is 373 g/mol. The topological polar surface area (TPSA) is 64.6 Å². The lowest BCUT2D eigenvalue weighted by Crippen LogP contribution is -2.15. The predicted molar refractivity (Wildman–Crippen MR) is 105 cm³/mol. The molecule has 0 spiro atoms. The van der Waals surface area contributed by atoms with E-state index in [2.05, 4.69) is 5.32 Å². The van der Waals surface area contributed by atoms with Crippen molar-refractivity contribution in [2.45, 2.75) is 19.1 Å². The van der Waals surface area contributed by atoms with Crippen molar-refractivity contribution < 1.29 is 19.1 Å². The number of hydrogen-bond donors (Lipinski definition) is 1. The molecule has 4 rings (SSSR count). The first kappa shape index (κ1) is 17.8. The van der Waals surface area contributed by atoms with Crippen LogP contribution in [0.25, 0.3) is 0 Å². The molecule has 1 aliphatic heterocycles. The second-order valence-electron chi connectivity index (χ2n) is 6.53. The summed E-state index contributed by atoms with van der Waals surface area (Å²) in [6, 6.07) is 24.2. The van der Waals surface area contributed by atoms with E-state index < -0.39 is 6.10 Å². The molecule has 5 nitrogen and oxygen atoms in total. The molecule has 3 aromatic rings. The third-order valence-electron chi connectivity index (χ3n) is 4.53. The molecule has 0 radical (unpaired) electrons. The fourth-order valence-electron chi connectivity index (χ4n) is 3.13. The molecule has 140 valence electrons. The third kappa shape index (κ3) is 4.04. The standard InChI is InChI=1S/C23H19NO4/c25-22(14-21-19-8-4-5-9-20(19)23(26)28-21)24-17-10-12-18(13-11-17)27-15-16-6-2-1-3-7-16/h1-13,21H,14-15H2,(H,24,25). The van der Waals surface area contributed by atoms with Crippen LogP contribution in [0.1, 0.15) is 34.0 Å². The van der Waals surface area contributed by atoms with E-state index in [1.54, 1.807) is 24.3 Å². The van der Waals surface area contributed by atoms with E-state index in [0.717, 1.165) is 16.9 Å². The summed E-state index contributed by atoms with van der Waals surface area (Å²) in [5.74, 6) is 0.126. The van der Waals surface area contributed by atoms with Gasteiger partial charge in [-0.25, -0.2) is 4.79 Å². The van der Waals surface area contributed by atoms with Crippen molar-refractivity contribution >= 4 is 17.6 Å². The summed E-state index contributed by atoms with van der Waals surface area (Å²) in [6.45, 7) is 0.485. The number of carbonyl (C=O) groups excluding carboxylic acids is 2. The number of carbonyl (C=O) groups is 2. The Morgan fingerprint density at radius 2 is 1.64 bits per heavy atom. The van der Waals surface area contributed by atoms with Crippen molar-refractivity contribution in [2.75, 3.05) is 5.32 Å². The molecule has 5 heteroatoms. The highest BCUT2D eigenvalue weighted by atomic mass is 16.5. The Kier molecular flexibility index (Phi) is 5.06. The van der Waals surface area contributed by atoms with Gasteiger partial charge in [-0.1, -0.05) is 48.5 Å². The van der Waals surface area contributed by atoms with Gasteiger partial charge in [-0.3, -0.25) is 4.79 Å². The number of cyclic esters (lactones) is 1. The minimum absolute atomic E-state index is 0.0784. The van der Waals surface area contributed by atoms with E-state index in [-0.39, 0.29) is 18.3 Å². The van der Waals surface area contributed by atoms with Gasteiger partial charge in [0.05, 0.1) is 12.0 Å². The molecule has 1 N–H and O–H groups in total. The summed E-state index contributed by atoms with van der Waals surface area (Å²) in [5, 5.41) is 2.83. The Morgan fingerprint density at radius 3 is 2.43 bits per heavy atom. The van der Waals surface area contributed by atoms with Gasteiger partial charge in [0.1, 0.15) is 18.5 Å². The molecular formula is C23H19NO4. The highest BCUT2D eigenvalue weighted by Crippen LogP contribution is 2.33. The third-order valence-corrected chi connectivity index (χ3v) is 4.53. The molecule has 0 aliphatic carbocycles. The first-order valence-corrected chi connectivity index (χ1v) is 9.05. The van der Waals surface area contributed by atoms with E-state index in [1.807, 2.05) is 54.6 Å². The minimum atomic E-state index is -0.544. The molecule has 1 heterocycles. The van der Waals surface area contributed by atoms with Crippen molar-refractivity contribution in [1.82, 2.24) is 0 Å². The summed E-state index contributed by atoms with van der Waals surface area (Å²) in [6.07, 6.45) is -0.466. The quantitative estimate of drug-likeness (QED) is 0.646. The van der Waals surface area contributed by atoms with Gasteiger partial charge in [0.15, 0.2) is 0 Å². The summed E-state index contributed by atoms with van der Waals surface area (Å²) in [4.78, 5) is 24.2. The van der Waals surface area contributed by atoms with Crippen LogP contribution in [0.5, 0.6) is 5.75 Å². The van der Waals surface area contributed by atoms with Crippen LogP contribution in [-0.2, 0) is 16.1 Å². The fourth-order valence-corrected chi connectivity index (χ4v) is 3.13. The summed E-state index contributed by atoms with van der Waals surface area (Å²) in [7, 11) is 0. The van der Waals surface area contributed by atoms with Gasteiger partial charge in [0.25, 0.3) is 0 Å². The van der Waals surface area contributed by atoms with E-state index in [1.165, 1.54) is 0 Å². The lowest BCUT2D eigenvalue weighted by atomic mass is 10.0. The second-order valence-corrected chi connectivity index (χ2v) is 6.53. The first-order chi connectivity index (χ1) is 13.7. The molecule has 1 unspecified atom stereocenters. The smallest absolute Gasteiger partial charge is 0.339 e. The van der Waals surface area contributed by atoms with Gasteiger partial charge < -0.3 is 14.8 Å². The number of esters is 1. The number of amides is 1. The number of ether oxygens (including phenoxy) is 2. The zero-order valence-electron chi connectivity index (χ0n) is 15.1. The second kappa shape index (κ2) is 7.96. The molecule has 0 saturated carbocycles. The minimum Gasteiger partial charge on any atom is -0.489 e. The van der Waals surface area contributed by atoms with Crippen molar-refractivity contribution in [3.8, 4) is 5.75 Å². The maximum absolute atomic E-state index is 12.3. The highest BCUT2D eigenvalue weighted by Gasteiger charge is 2.31. The predicted octanol–water partition coefficient (Wildman–Crippen LogP) is 4.51. The number of benzene rings is 3. The fraction of sp³-hybridized carbons (Fsp3) is 0.130. The van der Waals surface area contributed by atoms with E-state index >= 15 is 0 Å². The zero-order chi connectivity index (χ0) is 19.3. The first-order valence-electron chi connectivity index (χ1n) is 9.05. The van der Waals surface area contributed by atoms with Crippen LogP contribution in [0.15, 0.2) is 78.9 Å². The Balaban J connectivity index is 1.32. The molecule has 1 atom stereocenters. The van der Waals surface area contributed by atoms with Crippen LogP contribution in [0.4, 0.5) is 5.69 Å². The Labute approximate surface area is 162 Å². The van der Waals surface area contributed by atoms with Gasteiger partial charge in [0.2, 0.25) is 5.91 Å². The maximum Gasteiger partial charge on any atom is 0.339 e. The number of fused-ring (bicyclic) bond motifs is 1. The van der Waals surface area contributed by atoms with Crippen LogP contribution in [0.3, 0.4) is 0 Å². The van der Waals surface area contributed by atoms with Gasteiger partial charge in [-0.15, -0.1) is 0 Å². The van der Waals surface area contributed by atoms with Crippen LogP contribution < -0.4 is 10.1 Å². The van der Waals surface area contributed by atoms with Gasteiger partial charge >= 0.3 is 5.97 Å². The molecule has 1 aliphatic rings. The number of anilines is 1. The normalized spacial score (nSPS) is 14.9. The molecule has 0 bridgehead atoms. The molecule has 0 fully saturated rings. The van der Waals surface area contributed by atoms with E-state index in [0.29, 0.717) is 17.9 Å². The van der Waals surface area contributed by atoms with Crippen LogP contribution in [-0.4, -0.2) is 11.9 Å². The van der Waals surface area contributed by atoms with E-state index in [4.69, 9.17) is 9.47 Å². The molecule has 3 aromatic carbocycles. The van der Waals surface area contributed by atoms with Crippen molar-refractivity contribution in [3.63, 3.8) is 0 Å². The van der Waals surface area contributed by atoms with Crippen LogP contribution in [0, 0.1) is 0 Å². The SMILES string of the molecule is O=C(CC1OC(=O)c2ccccc21)Nc1ccc(OCc2ccccc2)cc1. The Morgan fingerprint density at radius 1 is 0.929 bits per heavy atom. The number of rotatable bonds is 6. The lowest BCUT2D eigenvalue weighted by Gasteiger charge is -2.12. The number of nitrogens with one attached hydrogen (secondary N) is 1. The average molecular weight is 373 g/mol.